The van der Waals surface area contributed by atoms with Crippen LogP contribution in [0.4, 0.5) is 4.39 Å². The summed E-state index contributed by atoms with van der Waals surface area (Å²) in [4.78, 5) is 27.3. The molecule has 7 heteroatoms. The number of nitrogens with zero attached hydrogens (tertiary/aromatic N) is 1. The number of hydrogen-bond acceptors (Lipinski definition) is 4. The van der Waals surface area contributed by atoms with E-state index in [-0.39, 0.29) is 12.5 Å². The monoisotopic (exact) mass is 490 g/mol. The molecule has 1 aliphatic rings. The number of carbonyl (C=O) groups is 2. The minimum Gasteiger partial charge on any atom is -0.497 e. The Bertz CT molecular complexity index is 896. The van der Waals surface area contributed by atoms with Gasteiger partial charge in [0, 0.05) is 13.0 Å². The van der Waals surface area contributed by atoms with Crippen molar-refractivity contribution < 1.29 is 18.7 Å². The van der Waals surface area contributed by atoms with E-state index in [0.29, 0.717) is 16.6 Å². The first-order valence-corrected chi connectivity index (χ1v) is 11.4. The third-order valence-electron chi connectivity index (χ3n) is 5.64. The summed E-state index contributed by atoms with van der Waals surface area (Å²) < 4.78 is 19.3. The van der Waals surface area contributed by atoms with Crippen molar-refractivity contribution in [2.75, 3.05) is 26.7 Å². The Hall–Kier alpha value is -2.25. The van der Waals surface area contributed by atoms with Crippen LogP contribution in [-0.2, 0) is 16.0 Å². The molecule has 1 atom stereocenters. The predicted molar refractivity (Wildman–Crippen MR) is 122 cm³/mol. The van der Waals surface area contributed by atoms with Crippen LogP contribution in [0, 0.1) is 5.82 Å². The third-order valence-corrected chi connectivity index (χ3v) is 6.28. The van der Waals surface area contributed by atoms with Crippen LogP contribution in [-0.4, -0.2) is 43.3 Å². The molecular weight excluding hydrogens is 463 g/mol. The van der Waals surface area contributed by atoms with Crippen molar-refractivity contribution in [1.29, 1.82) is 0 Å². The van der Waals surface area contributed by atoms with Gasteiger partial charge in [0.05, 0.1) is 17.6 Å². The van der Waals surface area contributed by atoms with Crippen molar-refractivity contribution in [3.63, 3.8) is 0 Å². The molecular formula is C24H28BrFN2O3. The van der Waals surface area contributed by atoms with Crippen LogP contribution in [0.25, 0.3) is 0 Å². The molecule has 0 bridgehead atoms. The lowest BCUT2D eigenvalue weighted by Crippen LogP contribution is -2.41. The molecule has 0 aliphatic carbocycles. The second kappa shape index (κ2) is 11.4. The number of ether oxygens (including phenoxy) is 1. The van der Waals surface area contributed by atoms with Gasteiger partial charge in [-0.15, -0.1) is 0 Å². The Kier molecular flexibility index (Phi) is 8.60. The fourth-order valence-corrected chi connectivity index (χ4v) is 4.14. The topological polar surface area (TPSA) is 58.6 Å². The number of methoxy groups -OCH3 is 1. The van der Waals surface area contributed by atoms with Crippen molar-refractivity contribution in [3.8, 4) is 5.75 Å². The lowest BCUT2D eigenvalue weighted by Gasteiger charge is -2.31. The van der Waals surface area contributed by atoms with Gasteiger partial charge in [-0.2, -0.15) is 0 Å². The van der Waals surface area contributed by atoms with Gasteiger partial charge >= 0.3 is 0 Å². The van der Waals surface area contributed by atoms with Crippen LogP contribution in [0.15, 0.2) is 46.9 Å². The maximum atomic E-state index is 13.7. The van der Waals surface area contributed by atoms with E-state index in [1.165, 1.54) is 25.0 Å². The zero-order valence-electron chi connectivity index (χ0n) is 17.7. The lowest BCUT2D eigenvalue weighted by atomic mass is 10.0. The van der Waals surface area contributed by atoms with Gasteiger partial charge in [0.2, 0.25) is 5.78 Å². The molecule has 1 saturated heterocycles. The van der Waals surface area contributed by atoms with Gasteiger partial charge in [-0.1, -0.05) is 31.0 Å². The molecule has 1 heterocycles. The Morgan fingerprint density at radius 3 is 2.39 bits per heavy atom. The number of nitrogens with one attached hydrogen (secondary N) is 1. The summed E-state index contributed by atoms with van der Waals surface area (Å²) in [6.07, 6.45) is 4.52. The second-order valence-electron chi connectivity index (χ2n) is 7.80. The average molecular weight is 491 g/mol. The molecule has 2 aromatic carbocycles. The van der Waals surface area contributed by atoms with Gasteiger partial charge in [0.15, 0.2) is 0 Å². The Morgan fingerprint density at radius 1 is 1.10 bits per heavy atom. The Labute approximate surface area is 191 Å². The molecule has 1 unspecified atom stereocenters. The molecule has 0 spiro atoms. The van der Waals surface area contributed by atoms with E-state index in [1.807, 2.05) is 24.3 Å². The molecule has 166 valence electrons. The summed E-state index contributed by atoms with van der Waals surface area (Å²) >= 11 is 3.09. The lowest BCUT2D eigenvalue weighted by molar-refractivity contribution is -0.137. The quantitative estimate of drug-likeness (QED) is 0.555. The minimum atomic E-state index is -0.642. The normalized spacial score (nSPS) is 15.7. The van der Waals surface area contributed by atoms with E-state index in [9.17, 15) is 14.0 Å². The molecule has 2 aromatic rings. The number of hydrogen-bond donors (Lipinski definition) is 1. The second-order valence-corrected chi connectivity index (χ2v) is 8.65. The van der Waals surface area contributed by atoms with Crippen LogP contribution in [0.5, 0.6) is 5.75 Å². The summed E-state index contributed by atoms with van der Waals surface area (Å²) in [7, 11) is 1.63. The SMILES string of the molecule is COc1ccc(C(CNC(=O)C(=O)Cc2ccc(Br)c(F)c2)N2CCCCCC2)cc1. The smallest absolute Gasteiger partial charge is 0.287 e. The summed E-state index contributed by atoms with van der Waals surface area (Å²) in [6, 6.07) is 12.3. The number of halogens is 2. The van der Waals surface area contributed by atoms with E-state index < -0.39 is 17.5 Å². The highest BCUT2D eigenvalue weighted by atomic mass is 79.9. The molecule has 5 nitrogen and oxygen atoms in total. The molecule has 1 aliphatic heterocycles. The predicted octanol–water partition coefficient (Wildman–Crippen LogP) is 4.44. The fourth-order valence-electron chi connectivity index (χ4n) is 3.89. The number of benzene rings is 2. The van der Waals surface area contributed by atoms with Gasteiger partial charge in [-0.05, 0) is 77.3 Å². The number of rotatable bonds is 8. The largest absolute Gasteiger partial charge is 0.497 e. The van der Waals surface area contributed by atoms with E-state index in [1.54, 1.807) is 13.2 Å². The molecule has 0 radical (unpaired) electrons. The number of likely N-dealkylation sites (tertiary alicyclic amines) is 1. The third kappa shape index (κ3) is 6.61. The van der Waals surface area contributed by atoms with Crippen molar-refractivity contribution in [3.05, 3.63) is 63.9 Å². The van der Waals surface area contributed by atoms with E-state index in [2.05, 4.69) is 26.1 Å². The van der Waals surface area contributed by atoms with Crippen molar-refractivity contribution in [2.45, 2.75) is 38.1 Å². The van der Waals surface area contributed by atoms with Gasteiger partial charge < -0.3 is 10.1 Å². The highest BCUT2D eigenvalue weighted by Gasteiger charge is 2.24. The maximum absolute atomic E-state index is 13.7. The van der Waals surface area contributed by atoms with Gasteiger partial charge in [-0.3, -0.25) is 14.5 Å². The summed E-state index contributed by atoms with van der Waals surface area (Å²) in [5, 5.41) is 2.81. The highest BCUT2D eigenvalue weighted by Crippen LogP contribution is 2.25. The number of carbonyl (C=O) groups excluding carboxylic acids is 2. The standard InChI is InChI=1S/C24H28BrFN2O3/c1-31-19-9-7-18(8-10-19)22(28-12-4-2-3-5-13-28)16-27-24(30)23(29)15-17-6-11-20(25)21(26)14-17/h6-11,14,22H,2-5,12-13,15-16H2,1H3,(H,27,30). The van der Waals surface area contributed by atoms with E-state index in [0.717, 1.165) is 37.2 Å². The van der Waals surface area contributed by atoms with Crippen molar-refractivity contribution in [1.82, 2.24) is 10.2 Å². The van der Waals surface area contributed by atoms with E-state index in [4.69, 9.17) is 4.74 Å². The van der Waals surface area contributed by atoms with Crippen LogP contribution >= 0.6 is 15.9 Å². The molecule has 1 amide bonds. The first-order chi connectivity index (χ1) is 15.0. The first-order valence-electron chi connectivity index (χ1n) is 10.6. The van der Waals surface area contributed by atoms with Gasteiger partial charge in [0.25, 0.3) is 5.91 Å². The number of ketones is 1. The van der Waals surface area contributed by atoms with Crippen LogP contribution in [0.3, 0.4) is 0 Å². The van der Waals surface area contributed by atoms with Gasteiger partial charge in [-0.25, -0.2) is 4.39 Å². The molecule has 31 heavy (non-hydrogen) atoms. The van der Waals surface area contributed by atoms with Crippen LogP contribution < -0.4 is 10.1 Å². The minimum absolute atomic E-state index is 0.0223. The van der Waals surface area contributed by atoms with Crippen LogP contribution in [0.1, 0.15) is 42.9 Å². The summed E-state index contributed by atoms with van der Waals surface area (Å²) in [5.41, 5.74) is 1.55. The average Bonchev–Trinajstić information content (AvgIpc) is 3.06. The Morgan fingerprint density at radius 2 is 1.77 bits per heavy atom. The molecule has 1 fully saturated rings. The van der Waals surface area contributed by atoms with Crippen molar-refractivity contribution in [2.24, 2.45) is 0 Å². The maximum Gasteiger partial charge on any atom is 0.287 e. The molecule has 3 rings (SSSR count). The molecule has 1 N–H and O–H groups in total. The van der Waals surface area contributed by atoms with Crippen molar-refractivity contribution >= 4 is 27.6 Å². The number of amides is 1. The van der Waals surface area contributed by atoms with Gasteiger partial charge in [0.1, 0.15) is 11.6 Å². The first kappa shape index (κ1) is 23.4. The van der Waals surface area contributed by atoms with Crippen LogP contribution in [0.2, 0.25) is 0 Å². The number of Topliss-reactive ketones (excluding diaryl/α,β-unsaturated/α-hetero) is 1. The zero-order chi connectivity index (χ0) is 22.2. The molecule has 0 aromatic heterocycles. The molecule has 0 saturated carbocycles. The summed E-state index contributed by atoms with van der Waals surface area (Å²) in [6.45, 7) is 2.25. The summed E-state index contributed by atoms with van der Waals surface area (Å²) in [5.74, 6) is -0.895. The zero-order valence-corrected chi connectivity index (χ0v) is 19.3. The Balaban J connectivity index is 1.67. The fraction of sp³-hybridized carbons (Fsp3) is 0.417. The van der Waals surface area contributed by atoms with E-state index >= 15 is 0 Å². The highest BCUT2D eigenvalue weighted by molar-refractivity contribution is 9.10.